The van der Waals surface area contributed by atoms with E-state index in [0.717, 1.165) is 50.8 Å². The highest BCUT2D eigenvalue weighted by Gasteiger charge is 2.14. The van der Waals surface area contributed by atoms with Gasteiger partial charge in [-0.2, -0.15) is 0 Å². The summed E-state index contributed by atoms with van der Waals surface area (Å²) in [5.74, 6) is 0. The predicted octanol–water partition coefficient (Wildman–Crippen LogP) is 7.36. The molecule has 5 nitrogen and oxygen atoms in total. The molecule has 0 aliphatic carbocycles. The minimum atomic E-state index is 0.784. The SMILES string of the molecule is c1ccc(-c2cc(-c3ccc(-n4c5ccccc5c5ccccc54)cn3)cc(-c3ccccn3)n2)nc1. The highest BCUT2D eigenvalue weighted by atomic mass is 15.0. The van der Waals surface area contributed by atoms with Crippen LogP contribution in [0.4, 0.5) is 0 Å². The van der Waals surface area contributed by atoms with E-state index in [9.17, 15) is 0 Å². The van der Waals surface area contributed by atoms with Crippen molar-refractivity contribution in [1.29, 1.82) is 0 Å². The third-order valence-electron chi connectivity index (χ3n) is 6.56. The zero-order valence-corrected chi connectivity index (χ0v) is 19.9. The maximum absolute atomic E-state index is 4.90. The van der Waals surface area contributed by atoms with Crippen molar-refractivity contribution in [1.82, 2.24) is 24.5 Å². The Morgan fingerprint density at radius 1 is 0.459 bits per heavy atom. The van der Waals surface area contributed by atoms with Crippen LogP contribution >= 0.6 is 0 Å². The Morgan fingerprint density at radius 3 is 1.54 bits per heavy atom. The van der Waals surface area contributed by atoms with Gasteiger partial charge in [0.05, 0.1) is 51.4 Å². The molecule has 5 heteroatoms. The Morgan fingerprint density at radius 2 is 1.03 bits per heavy atom. The van der Waals surface area contributed by atoms with E-state index >= 15 is 0 Å². The number of benzene rings is 2. The van der Waals surface area contributed by atoms with Crippen molar-refractivity contribution in [3.8, 4) is 39.7 Å². The quantitative estimate of drug-likeness (QED) is 0.267. The van der Waals surface area contributed by atoms with Crippen LogP contribution in [0.3, 0.4) is 0 Å². The third-order valence-corrected chi connectivity index (χ3v) is 6.56. The first-order valence-electron chi connectivity index (χ1n) is 12.1. The predicted molar refractivity (Wildman–Crippen MR) is 148 cm³/mol. The molecule has 7 aromatic rings. The van der Waals surface area contributed by atoms with Crippen LogP contribution in [-0.2, 0) is 0 Å². The highest BCUT2D eigenvalue weighted by Crippen LogP contribution is 2.33. The van der Waals surface area contributed by atoms with Gasteiger partial charge in [0.1, 0.15) is 0 Å². The van der Waals surface area contributed by atoms with Gasteiger partial charge in [-0.3, -0.25) is 15.0 Å². The average Bonchev–Trinajstić information content (AvgIpc) is 3.32. The van der Waals surface area contributed by atoms with Crippen LogP contribution in [0.5, 0.6) is 0 Å². The summed E-state index contributed by atoms with van der Waals surface area (Å²) in [4.78, 5) is 18.8. The lowest BCUT2D eigenvalue weighted by Gasteiger charge is -2.11. The molecule has 37 heavy (non-hydrogen) atoms. The van der Waals surface area contributed by atoms with Crippen molar-refractivity contribution in [3.05, 3.63) is 128 Å². The van der Waals surface area contributed by atoms with Crippen LogP contribution in [0.25, 0.3) is 61.5 Å². The number of nitrogens with zero attached hydrogens (tertiary/aromatic N) is 5. The summed E-state index contributed by atoms with van der Waals surface area (Å²) in [6, 6.07) is 36.9. The van der Waals surface area contributed by atoms with Crippen LogP contribution < -0.4 is 0 Å². The van der Waals surface area contributed by atoms with Crippen LogP contribution in [-0.4, -0.2) is 24.5 Å². The molecule has 5 heterocycles. The Kier molecular flexibility index (Phi) is 5.03. The lowest BCUT2D eigenvalue weighted by molar-refractivity contribution is 1.14. The molecule has 174 valence electrons. The first-order valence-corrected chi connectivity index (χ1v) is 12.1. The van der Waals surface area contributed by atoms with Crippen LogP contribution in [0.15, 0.2) is 128 Å². The topological polar surface area (TPSA) is 56.5 Å². The summed E-state index contributed by atoms with van der Waals surface area (Å²) >= 11 is 0. The zero-order valence-electron chi connectivity index (χ0n) is 19.9. The fraction of sp³-hybridized carbons (Fsp3) is 0. The molecule has 0 N–H and O–H groups in total. The molecule has 0 fully saturated rings. The largest absolute Gasteiger partial charge is 0.308 e. The van der Waals surface area contributed by atoms with E-state index in [1.54, 1.807) is 12.4 Å². The Hall–Kier alpha value is -5.16. The number of rotatable bonds is 4. The zero-order chi connectivity index (χ0) is 24.6. The molecule has 0 spiro atoms. The molecule has 0 unspecified atom stereocenters. The van der Waals surface area contributed by atoms with Crippen LogP contribution in [0.2, 0.25) is 0 Å². The average molecular weight is 476 g/mol. The van der Waals surface area contributed by atoms with Crippen molar-refractivity contribution in [2.75, 3.05) is 0 Å². The summed E-state index contributed by atoms with van der Waals surface area (Å²) in [6.07, 6.45) is 5.50. The number of fused-ring (bicyclic) bond motifs is 3. The number of pyridine rings is 4. The maximum Gasteiger partial charge on any atom is 0.0901 e. The second-order valence-electron chi connectivity index (χ2n) is 8.83. The molecule has 0 atom stereocenters. The van der Waals surface area contributed by atoms with E-state index in [-0.39, 0.29) is 0 Å². The minimum Gasteiger partial charge on any atom is -0.308 e. The Balaban J connectivity index is 1.37. The lowest BCUT2D eigenvalue weighted by Crippen LogP contribution is -1.97. The second-order valence-corrected chi connectivity index (χ2v) is 8.83. The molecule has 0 amide bonds. The monoisotopic (exact) mass is 475 g/mol. The molecule has 5 aromatic heterocycles. The van der Waals surface area contributed by atoms with E-state index in [2.05, 4.69) is 75.2 Å². The fourth-order valence-corrected chi connectivity index (χ4v) is 4.86. The van der Waals surface area contributed by atoms with Crippen molar-refractivity contribution < 1.29 is 0 Å². The molecular weight excluding hydrogens is 454 g/mol. The molecule has 7 rings (SSSR count). The van der Waals surface area contributed by atoms with Crippen molar-refractivity contribution in [3.63, 3.8) is 0 Å². The Labute approximate surface area is 213 Å². The van der Waals surface area contributed by atoms with Crippen LogP contribution in [0.1, 0.15) is 0 Å². The lowest BCUT2D eigenvalue weighted by atomic mass is 10.1. The normalized spacial score (nSPS) is 11.2. The Bertz CT molecular complexity index is 1750. The minimum absolute atomic E-state index is 0.784. The second kappa shape index (κ2) is 8.81. The van der Waals surface area contributed by atoms with Gasteiger partial charge in [0.2, 0.25) is 0 Å². The number of hydrogen-bond acceptors (Lipinski definition) is 4. The summed E-state index contributed by atoms with van der Waals surface area (Å²) in [6.45, 7) is 0. The summed E-state index contributed by atoms with van der Waals surface area (Å²) in [5.41, 5.74) is 8.36. The molecule has 0 bridgehead atoms. The number of aromatic nitrogens is 5. The molecular formula is C32H21N5. The standard InChI is InChI=1S/C32H21N5/c1-3-13-31-24(9-1)25-10-2-4-14-32(25)37(31)23-15-16-26(35-21-23)22-19-29(27-11-5-7-17-33-27)36-30(20-22)28-12-6-8-18-34-28/h1-21H. The van der Waals surface area contributed by atoms with E-state index < -0.39 is 0 Å². The van der Waals surface area contributed by atoms with E-state index in [0.29, 0.717) is 0 Å². The van der Waals surface area contributed by atoms with Gasteiger partial charge in [-0.25, -0.2) is 4.98 Å². The van der Waals surface area contributed by atoms with Gasteiger partial charge in [0.15, 0.2) is 0 Å². The van der Waals surface area contributed by atoms with Gasteiger partial charge in [-0.15, -0.1) is 0 Å². The van der Waals surface area contributed by atoms with Gasteiger partial charge in [0.25, 0.3) is 0 Å². The van der Waals surface area contributed by atoms with Gasteiger partial charge in [-0.1, -0.05) is 48.5 Å². The van der Waals surface area contributed by atoms with Crippen molar-refractivity contribution in [2.45, 2.75) is 0 Å². The van der Waals surface area contributed by atoms with Gasteiger partial charge in [0, 0.05) is 28.7 Å². The molecule has 0 saturated carbocycles. The maximum atomic E-state index is 4.90. The van der Waals surface area contributed by atoms with Gasteiger partial charge >= 0.3 is 0 Å². The van der Waals surface area contributed by atoms with Gasteiger partial charge in [-0.05, 0) is 60.7 Å². The first-order chi connectivity index (χ1) is 18.3. The number of para-hydroxylation sites is 2. The molecule has 2 aromatic carbocycles. The molecule has 0 saturated heterocycles. The summed E-state index contributed by atoms with van der Waals surface area (Å²) in [5, 5.41) is 2.47. The smallest absolute Gasteiger partial charge is 0.0901 e. The summed E-state index contributed by atoms with van der Waals surface area (Å²) < 4.78 is 2.27. The van der Waals surface area contributed by atoms with E-state index in [1.807, 2.05) is 54.7 Å². The van der Waals surface area contributed by atoms with Crippen LogP contribution in [0, 0.1) is 0 Å². The van der Waals surface area contributed by atoms with Crippen molar-refractivity contribution >= 4 is 21.8 Å². The van der Waals surface area contributed by atoms with E-state index in [1.165, 1.54) is 10.8 Å². The fourth-order valence-electron chi connectivity index (χ4n) is 4.86. The molecule has 0 aliphatic heterocycles. The molecule has 0 aliphatic rings. The number of hydrogen-bond donors (Lipinski definition) is 0. The summed E-state index contributed by atoms with van der Waals surface area (Å²) in [7, 11) is 0. The van der Waals surface area contributed by atoms with Crippen molar-refractivity contribution in [2.24, 2.45) is 0 Å². The van der Waals surface area contributed by atoms with Gasteiger partial charge < -0.3 is 4.57 Å². The highest BCUT2D eigenvalue weighted by molar-refractivity contribution is 6.09. The third kappa shape index (κ3) is 3.74. The van der Waals surface area contributed by atoms with E-state index in [4.69, 9.17) is 9.97 Å². The molecule has 0 radical (unpaired) electrons. The first kappa shape index (κ1) is 21.1.